The lowest BCUT2D eigenvalue weighted by molar-refractivity contribution is 0.169. The largest absolute Gasteiger partial charge is 0.387 e. The number of hydrogen-bond donors (Lipinski definition) is 2. The van der Waals surface area contributed by atoms with Crippen LogP contribution < -0.4 is 5.32 Å². The molecule has 0 fully saturated rings. The lowest BCUT2D eigenvalue weighted by atomic mass is 10.1. The summed E-state index contributed by atoms with van der Waals surface area (Å²) in [5.74, 6) is -0.302. The molecule has 19 heavy (non-hydrogen) atoms. The Bertz CT molecular complexity index is 356. The Kier molecular flexibility index (Phi) is 7.68. The molecule has 0 heterocycles. The van der Waals surface area contributed by atoms with E-state index in [1.165, 1.54) is 37.8 Å². The van der Waals surface area contributed by atoms with Crippen LogP contribution >= 0.6 is 0 Å². The zero-order valence-corrected chi connectivity index (χ0v) is 12.0. The van der Waals surface area contributed by atoms with Gasteiger partial charge < -0.3 is 10.4 Å². The van der Waals surface area contributed by atoms with E-state index in [-0.39, 0.29) is 5.82 Å². The molecule has 2 unspecified atom stereocenters. The molecule has 1 aromatic rings. The van der Waals surface area contributed by atoms with E-state index in [2.05, 4.69) is 19.2 Å². The molecule has 108 valence electrons. The summed E-state index contributed by atoms with van der Waals surface area (Å²) in [7, 11) is 0. The Balaban J connectivity index is 2.24. The van der Waals surface area contributed by atoms with Gasteiger partial charge >= 0.3 is 0 Å². The molecule has 0 aliphatic heterocycles. The van der Waals surface area contributed by atoms with Gasteiger partial charge in [-0.1, -0.05) is 44.7 Å². The van der Waals surface area contributed by atoms with Crippen LogP contribution in [0.2, 0.25) is 0 Å². The van der Waals surface area contributed by atoms with Crippen LogP contribution in [0.25, 0.3) is 0 Å². The van der Waals surface area contributed by atoms with E-state index in [9.17, 15) is 9.50 Å². The number of hydrogen-bond acceptors (Lipinski definition) is 2. The topological polar surface area (TPSA) is 32.3 Å². The van der Waals surface area contributed by atoms with Gasteiger partial charge in [0, 0.05) is 12.6 Å². The highest BCUT2D eigenvalue weighted by atomic mass is 19.1. The van der Waals surface area contributed by atoms with Crippen molar-refractivity contribution in [1.82, 2.24) is 5.32 Å². The highest BCUT2D eigenvalue weighted by Crippen LogP contribution is 2.13. The van der Waals surface area contributed by atoms with Gasteiger partial charge in [-0.2, -0.15) is 0 Å². The fourth-order valence-electron chi connectivity index (χ4n) is 2.12. The van der Waals surface area contributed by atoms with E-state index in [1.54, 1.807) is 12.1 Å². The van der Waals surface area contributed by atoms with Crippen LogP contribution in [0, 0.1) is 5.82 Å². The first-order valence-corrected chi connectivity index (χ1v) is 7.30. The van der Waals surface area contributed by atoms with Gasteiger partial charge in [0.05, 0.1) is 6.10 Å². The standard InChI is InChI=1S/C16H26FNO/c1-3-4-5-6-8-13(2)18-12-16(19)14-9-7-10-15(17)11-14/h7,9-11,13,16,18-19H,3-6,8,12H2,1-2H3. The quantitative estimate of drug-likeness (QED) is 0.667. The van der Waals surface area contributed by atoms with Crippen molar-refractivity contribution in [2.24, 2.45) is 0 Å². The van der Waals surface area contributed by atoms with E-state index in [0.717, 1.165) is 6.42 Å². The van der Waals surface area contributed by atoms with Crippen LogP contribution in [-0.4, -0.2) is 17.7 Å². The van der Waals surface area contributed by atoms with E-state index >= 15 is 0 Å². The van der Waals surface area contributed by atoms with E-state index in [0.29, 0.717) is 18.2 Å². The first-order chi connectivity index (χ1) is 9.13. The van der Waals surface area contributed by atoms with Gasteiger partial charge in [-0.15, -0.1) is 0 Å². The molecule has 0 saturated heterocycles. The molecular weight excluding hydrogens is 241 g/mol. The van der Waals surface area contributed by atoms with Gasteiger partial charge in [0.25, 0.3) is 0 Å². The normalized spacial score (nSPS) is 14.3. The number of halogens is 1. The minimum Gasteiger partial charge on any atom is -0.387 e. The smallest absolute Gasteiger partial charge is 0.123 e. The summed E-state index contributed by atoms with van der Waals surface area (Å²) in [4.78, 5) is 0. The molecule has 0 radical (unpaired) electrons. The Morgan fingerprint density at radius 2 is 2.05 bits per heavy atom. The maximum absolute atomic E-state index is 13.0. The van der Waals surface area contributed by atoms with Gasteiger partial charge in [-0.3, -0.25) is 0 Å². The van der Waals surface area contributed by atoms with Crippen molar-refractivity contribution in [3.05, 3.63) is 35.6 Å². The summed E-state index contributed by atoms with van der Waals surface area (Å²) < 4.78 is 13.0. The van der Waals surface area contributed by atoms with Crippen LogP contribution in [0.3, 0.4) is 0 Å². The number of unbranched alkanes of at least 4 members (excludes halogenated alkanes) is 3. The van der Waals surface area contributed by atoms with Crippen molar-refractivity contribution in [3.8, 4) is 0 Å². The summed E-state index contributed by atoms with van der Waals surface area (Å²) in [5.41, 5.74) is 0.630. The molecule has 0 saturated carbocycles. The molecule has 0 aliphatic rings. The third-order valence-corrected chi connectivity index (χ3v) is 3.38. The summed E-state index contributed by atoms with van der Waals surface area (Å²) in [6, 6.07) is 6.54. The minimum absolute atomic E-state index is 0.302. The van der Waals surface area contributed by atoms with E-state index < -0.39 is 6.10 Å². The van der Waals surface area contributed by atoms with E-state index in [4.69, 9.17) is 0 Å². The van der Waals surface area contributed by atoms with E-state index in [1.807, 2.05) is 0 Å². The van der Waals surface area contributed by atoms with Crippen molar-refractivity contribution in [2.75, 3.05) is 6.54 Å². The van der Waals surface area contributed by atoms with Crippen LogP contribution in [0.4, 0.5) is 4.39 Å². The highest BCUT2D eigenvalue weighted by Gasteiger charge is 2.09. The Hall–Kier alpha value is -0.930. The second-order valence-corrected chi connectivity index (χ2v) is 5.23. The summed E-state index contributed by atoms with van der Waals surface area (Å²) in [6.45, 7) is 4.81. The Labute approximate surface area is 116 Å². The summed E-state index contributed by atoms with van der Waals surface area (Å²) in [5, 5.41) is 13.3. The van der Waals surface area contributed by atoms with Crippen molar-refractivity contribution in [2.45, 2.75) is 58.1 Å². The maximum atomic E-state index is 13.0. The summed E-state index contributed by atoms with van der Waals surface area (Å²) in [6.07, 6.45) is 5.51. The number of nitrogens with one attached hydrogen (secondary N) is 1. The zero-order valence-electron chi connectivity index (χ0n) is 12.0. The van der Waals surface area contributed by atoms with Crippen LogP contribution in [0.1, 0.15) is 57.6 Å². The molecule has 1 rings (SSSR count). The third kappa shape index (κ3) is 6.69. The van der Waals surface area contributed by atoms with Gasteiger partial charge in [0.2, 0.25) is 0 Å². The minimum atomic E-state index is -0.645. The molecular formula is C16H26FNO. The molecule has 3 heteroatoms. The zero-order chi connectivity index (χ0) is 14.1. The molecule has 2 nitrogen and oxygen atoms in total. The lowest BCUT2D eigenvalue weighted by Crippen LogP contribution is -2.30. The molecule has 0 aromatic heterocycles. The van der Waals surface area contributed by atoms with Crippen LogP contribution in [-0.2, 0) is 0 Å². The van der Waals surface area contributed by atoms with Gasteiger partial charge in [0.15, 0.2) is 0 Å². The molecule has 0 bridgehead atoms. The first-order valence-electron chi connectivity index (χ1n) is 7.30. The van der Waals surface area contributed by atoms with Crippen molar-refractivity contribution in [3.63, 3.8) is 0 Å². The highest BCUT2D eigenvalue weighted by molar-refractivity contribution is 5.18. The number of aliphatic hydroxyl groups is 1. The monoisotopic (exact) mass is 267 g/mol. The fraction of sp³-hybridized carbons (Fsp3) is 0.625. The molecule has 0 spiro atoms. The Morgan fingerprint density at radius 3 is 2.74 bits per heavy atom. The summed E-state index contributed by atoms with van der Waals surface area (Å²) >= 11 is 0. The van der Waals surface area contributed by atoms with Crippen molar-refractivity contribution < 1.29 is 9.50 Å². The van der Waals surface area contributed by atoms with Crippen LogP contribution in [0.5, 0.6) is 0 Å². The number of benzene rings is 1. The molecule has 1 aromatic carbocycles. The molecule has 0 aliphatic carbocycles. The van der Waals surface area contributed by atoms with Gasteiger partial charge in [0.1, 0.15) is 5.82 Å². The number of rotatable bonds is 9. The average Bonchev–Trinajstić information content (AvgIpc) is 2.41. The van der Waals surface area contributed by atoms with Gasteiger partial charge in [-0.05, 0) is 31.0 Å². The predicted molar refractivity (Wildman–Crippen MR) is 77.6 cm³/mol. The average molecular weight is 267 g/mol. The maximum Gasteiger partial charge on any atom is 0.123 e. The van der Waals surface area contributed by atoms with Crippen LogP contribution in [0.15, 0.2) is 24.3 Å². The third-order valence-electron chi connectivity index (χ3n) is 3.38. The SMILES string of the molecule is CCCCCCC(C)NCC(O)c1cccc(F)c1. The first kappa shape index (κ1) is 16.1. The molecule has 2 N–H and O–H groups in total. The Morgan fingerprint density at radius 1 is 1.26 bits per heavy atom. The molecule has 2 atom stereocenters. The van der Waals surface area contributed by atoms with Crippen molar-refractivity contribution in [1.29, 1.82) is 0 Å². The molecule has 0 amide bonds. The second kappa shape index (κ2) is 9.05. The lowest BCUT2D eigenvalue weighted by Gasteiger charge is -2.17. The van der Waals surface area contributed by atoms with Crippen molar-refractivity contribution >= 4 is 0 Å². The van der Waals surface area contributed by atoms with Gasteiger partial charge in [-0.25, -0.2) is 4.39 Å². The fourth-order valence-corrected chi connectivity index (χ4v) is 2.12. The number of aliphatic hydroxyl groups excluding tert-OH is 1. The predicted octanol–water partition coefficient (Wildman–Crippen LogP) is 3.81. The second-order valence-electron chi connectivity index (χ2n) is 5.23.